The summed E-state index contributed by atoms with van der Waals surface area (Å²) in [4.78, 5) is 0. The molecule has 2 heteroatoms. The van der Waals surface area contributed by atoms with Crippen LogP contribution in [0.3, 0.4) is 0 Å². The third-order valence-corrected chi connectivity index (χ3v) is 8.73. The predicted molar refractivity (Wildman–Crippen MR) is 96.2 cm³/mol. The average Bonchev–Trinajstić information content (AvgIpc) is 2.50. The number of hydrogen-bond acceptors (Lipinski definition) is 1. The Morgan fingerprint density at radius 2 is 1.83 bits per heavy atom. The maximum absolute atomic E-state index is 10.8. The van der Waals surface area contributed by atoms with E-state index in [9.17, 15) is 5.11 Å². The van der Waals surface area contributed by atoms with Crippen molar-refractivity contribution in [3.8, 4) is 0 Å². The molecule has 2 fully saturated rings. The molecule has 0 amide bonds. The first-order valence-electron chi connectivity index (χ1n) is 9.55. The Bertz CT molecular complexity index is 564. The zero-order chi connectivity index (χ0) is 16.4. The van der Waals surface area contributed by atoms with Gasteiger partial charge in [-0.25, -0.2) is 0 Å². The maximum atomic E-state index is 10.8. The van der Waals surface area contributed by atoms with Crippen molar-refractivity contribution >= 4 is 11.6 Å². The van der Waals surface area contributed by atoms with E-state index in [0.29, 0.717) is 16.4 Å². The highest BCUT2D eigenvalue weighted by Crippen LogP contribution is 2.65. The van der Waals surface area contributed by atoms with Crippen molar-refractivity contribution in [3.05, 3.63) is 22.8 Å². The Hall–Kier alpha value is -0.270. The van der Waals surface area contributed by atoms with Gasteiger partial charge in [-0.1, -0.05) is 43.2 Å². The zero-order valence-corrected chi connectivity index (χ0v) is 15.6. The Morgan fingerprint density at radius 3 is 2.61 bits per heavy atom. The Balaban J connectivity index is 1.68. The lowest BCUT2D eigenvalue weighted by Crippen LogP contribution is -2.56. The van der Waals surface area contributed by atoms with Crippen LogP contribution in [0.1, 0.15) is 65.7 Å². The van der Waals surface area contributed by atoms with Crippen LogP contribution in [-0.4, -0.2) is 11.2 Å². The van der Waals surface area contributed by atoms with Gasteiger partial charge in [-0.3, -0.25) is 0 Å². The molecule has 0 radical (unpaired) electrons. The normalized spacial score (nSPS) is 52.7. The summed E-state index contributed by atoms with van der Waals surface area (Å²) in [5.41, 5.74) is 2.08. The minimum atomic E-state index is -0.442. The molecule has 0 saturated heterocycles. The number of aliphatic hydroxyl groups excluding tert-OH is 1. The minimum absolute atomic E-state index is 0.00422. The van der Waals surface area contributed by atoms with Crippen molar-refractivity contribution < 1.29 is 5.11 Å². The van der Waals surface area contributed by atoms with Crippen LogP contribution < -0.4 is 0 Å². The number of rotatable bonds is 0. The largest absolute Gasteiger partial charge is 0.387 e. The zero-order valence-electron chi connectivity index (χ0n) is 14.8. The van der Waals surface area contributed by atoms with Crippen LogP contribution in [-0.2, 0) is 0 Å². The van der Waals surface area contributed by atoms with E-state index in [2.05, 4.69) is 32.9 Å². The Morgan fingerprint density at radius 1 is 1.04 bits per heavy atom. The summed E-state index contributed by atoms with van der Waals surface area (Å²) < 4.78 is 0. The minimum Gasteiger partial charge on any atom is -0.387 e. The third kappa shape index (κ3) is 2.22. The van der Waals surface area contributed by atoms with Crippen molar-refractivity contribution in [1.82, 2.24) is 0 Å². The number of halogens is 1. The quantitative estimate of drug-likeness (QED) is 0.565. The number of allylic oxidation sites excluding steroid dienone is 3. The molecule has 4 aliphatic rings. The van der Waals surface area contributed by atoms with E-state index in [1.54, 1.807) is 5.57 Å². The molecule has 0 spiro atoms. The molecule has 4 rings (SSSR count). The van der Waals surface area contributed by atoms with E-state index in [1.807, 2.05) is 0 Å². The van der Waals surface area contributed by atoms with Crippen molar-refractivity contribution in [2.75, 3.05) is 0 Å². The van der Waals surface area contributed by atoms with Gasteiger partial charge < -0.3 is 5.11 Å². The van der Waals surface area contributed by atoms with Crippen molar-refractivity contribution in [3.63, 3.8) is 0 Å². The van der Waals surface area contributed by atoms with Gasteiger partial charge in [-0.2, -0.15) is 0 Å². The number of fused-ring (bicyclic) bond motifs is 5. The molecule has 1 nitrogen and oxygen atoms in total. The summed E-state index contributed by atoms with van der Waals surface area (Å²) in [5.74, 6) is 3.10. The molecule has 2 saturated carbocycles. The fourth-order valence-electron chi connectivity index (χ4n) is 7.01. The molecule has 0 aromatic rings. The molecule has 0 bridgehead atoms. The van der Waals surface area contributed by atoms with Crippen LogP contribution in [0.5, 0.6) is 0 Å². The summed E-state index contributed by atoms with van der Waals surface area (Å²) in [5, 5.41) is 11.4. The summed E-state index contributed by atoms with van der Waals surface area (Å²) in [6.07, 6.45) is 13.0. The van der Waals surface area contributed by atoms with Crippen LogP contribution in [0.4, 0.5) is 0 Å². The molecule has 1 N–H and O–H groups in total. The summed E-state index contributed by atoms with van der Waals surface area (Å²) >= 11 is 6.31. The molecule has 128 valence electrons. The summed E-state index contributed by atoms with van der Waals surface area (Å²) in [7, 11) is 0. The Labute approximate surface area is 146 Å². The summed E-state index contributed by atoms with van der Waals surface area (Å²) in [6, 6.07) is 0. The van der Waals surface area contributed by atoms with Crippen molar-refractivity contribution in [1.29, 1.82) is 0 Å². The lowest BCUT2D eigenvalue weighted by molar-refractivity contribution is -0.129. The number of hydrogen-bond donors (Lipinski definition) is 1. The molecule has 0 aliphatic heterocycles. The van der Waals surface area contributed by atoms with Gasteiger partial charge in [0.1, 0.15) is 0 Å². The molecule has 0 aromatic heterocycles. The van der Waals surface area contributed by atoms with Crippen LogP contribution in [0, 0.1) is 34.5 Å². The van der Waals surface area contributed by atoms with Gasteiger partial charge in [0.25, 0.3) is 0 Å². The average molecular weight is 335 g/mol. The second-order valence-corrected chi connectivity index (χ2v) is 9.83. The smallest absolute Gasteiger partial charge is 0.0948 e. The van der Waals surface area contributed by atoms with Crippen LogP contribution in [0.25, 0.3) is 0 Å². The van der Waals surface area contributed by atoms with E-state index in [0.717, 1.165) is 30.6 Å². The predicted octanol–water partition coefficient (Wildman–Crippen LogP) is 5.68. The topological polar surface area (TPSA) is 20.2 Å². The van der Waals surface area contributed by atoms with E-state index in [1.165, 1.54) is 32.1 Å². The van der Waals surface area contributed by atoms with Crippen LogP contribution >= 0.6 is 11.6 Å². The van der Waals surface area contributed by atoms with E-state index in [4.69, 9.17) is 11.6 Å². The molecule has 0 unspecified atom stereocenters. The SMILES string of the molecule is CC1=CC[C@@H]2CC[C@@H]3[C@H](CC[C@]4(C)[C@@H](O)C(Cl)=CC[C@@H]34)[C@@]2(C)C1. The fraction of sp³-hybridized carbons (Fsp3) is 0.810. The molecular weight excluding hydrogens is 304 g/mol. The number of aliphatic hydroxyl groups is 1. The Kier molecular flexibility index (Phi) is 3.78. The van der Waals surface area contributed by atoms with Gasteiger partial charge in [0, 0.05) is 10.4 Å². The van der Waals surface area contributed by atoms with Crippen molar-refractivity contribution in [2.45, 2.75) is 71.8 Å². The van der Waals surface area contributed by atoms with Crippen molar-refractivity contribution in [2.24, 2.45) is 34.5 Å². The van der Waals surface area contributed by atoms with Gasteiger partial charge in [-0.05, 0) is 81.0 Å². The molecule has 0 aromatic carbocycles. The fourth-order valence-corrected chi connectivity index (χ4v) is 7.35. The molecule has 23 heavy (non-hydrogen) atoms. The molecule has 4 aliphatic carbocycles. The summed E-state index contributed by atoms with van der Waals surface area (Å²) in [6.45, 7) is 7.20. The molecular formula is C21H31ClO. The first-order chi connectivity index (χ1) is 10.9. The highest BCUT2D eigenvalue weighted by Gasteiger charge is 2.58. The second kappa shape index (κ2) is 5.36. The second-order valence-electron chi connectivity index (χ2n) is 9.39. The van der Waals surface area contributed by atoms with Gasteiger partial charge >= 0.3 is 0 Å². The lowest BCUT2D eigenvalue weighted by atomic mass is 9.43. The van der Waals surface area contributed by atoms with Gasteiger partial charge in [0.05, 0.1) is 6.10 Å². The molecule has 7 atom stereocenters. The highest BCUT2D eigenvalue weighted by molar-refractivity contribution is 6.30. The van der Waals surface area contributed by atoms with Gasteiger partial charge in [0.15, 0.2) is 0 Å². The lowest BCUT2D eigenvalue weighted by Gasteiger charge is -2.62. The van der Waals surface area contributed by atoms with E-state index < -0.39 is 6.10 Å². The van der Waals surface area contributed by atoms with E-state index in [-0.39, 0.29) is 5.41 Å². The standard InChI is InChI=1S/C21H31ClO/c1-13-4-5-14-6-7-15-16-8-9-18(22)19(23)20(16,2)11-10-17(15)21(14,3)12-13/h4,9,14-17,19,23H,5-8,10-12H2,1-3H3/t14-,15+,16+,17+,19+,20+,21+/m1/s1. The monoisotopic (exact) mass is 334 g/mol. The highest BCUT2D eigenvalue weighted by atomic mass is 35.5. The molecule has 0 heterocycles. The van der Waals surface area contributed by atoms with Gasteiger partial charge in [0.2, 0.25) is 0 Å². The van der Waals surface area contributed by atoms with Crippen LogP contribution in [0.15, 0.2) is 22.8 Å². The maximum Gasteiger partial charge on any atom is 0.0948 e. The third-order valence-electron chi connectivity index (χ3n) is 8.37. The first-order valence-corrected chi connectivity index (χ1v) is 9.93. The van der Waals surface area contributed by atoms with E-state index >= 15 is 0 Å². The van der Waals surface area contributed by atoms with Crippen LogP contribution in [0.2, 0.25) is 0 Å². The first kappa shape index (κ1) is 16.2. The van der Waals surface area contributed by atoms with Gasteiger partial charge in [-0.15, -0.1) is 0 Å².